The Bertz CT molecular complexity index is 746. The van der Waals surface area contributed by atoms with Crippen LogP contribution >= 0.6 is 0 Å². The normalized spacial score (nSPS) is 11.8. The first-order valence-corrected chi connectivity index (χ1v) is 7.35. The fraction of sp³-hybridized carbons (Fsp3) is 0.300. The highest BCUT2D eigenvalue weighted by molar-refractivity contribution is 7.88. The van der Waals surface area contributed by atoms with Crippen LogP contribution in [0.25, 0.3) is 11.1 Å². The lowest BCUT2D eigenvalue weighted by Crippen LogP contribution is -2.27. The molecule has 2 aromatic rings. The quantitative estimate of drug-likeness (QED) is 0.439. The molecule has 0 saturated carbocycles. The minimum atomic E-state index is -3.20. The van der Waals surface area contributed by atoms with Crippen LogP contribution in [0.2, 0.25) is 0 Å². The van der Waals surface area contributed by atoms with Crippen LogP contribution in [0.1, 0.15) is 0 Å². The van der Waals surface area contributed by atoms with Crippen molar-refractivity contribution in [1.82, 2.24) is 9.71 Å². The number of rotatable bonds is 5. The van der Waals surface area contributed by atoms with E-state index < -0.39 is 15.8 Å². The topological polar surface area (TPSA) is 130 Å². The number of hydrogen-bond acceptors (Lipinski definition) is 6. The second-order valence-electron chi connectivity index (χ2n) is 4.04. The van der Waals surface area contributed by atoms with Gasteiger partial charge in [0.05, 0.1) is 23.1 Å². The number of nitrogens with one attached hydrogen (secondary N) is 3. The van der Waals surface area contributed by atoms with Gasteiger partial charge in [0.15, 0.2) is 5.58 Å². The molecule has 0 saturated heterocycles. The first-order valence-electron chi connectivity index (χ1n) is 5.46. The average Bonchev–Trinajstić information content (AvgIpc) is 2.62. The number of benzene rings is 1. The zero-order chi connectivity index (χ0) is 14.0. The van der Waals surface area contributed by atoms with Gasteiger partial charge >= 0.3 is 5.76 Å². The predicted molar refractivity (Wildman–Crippen MR) is 72.6 cm³/mol. The van der Waals surface area contributed by atoms with Crippen molar-refractivity contribution in [2.75, 3.05) is 30.4 Å². The molecule has 1 aromatic heterocycles. The summed E-state index contributed by atoms with van der Waals surface area (Å²) in [5.74, 6) is -0.551. The molecule has 0 fully saturated rings. The summed E-state index contributed by atoms with van der Waals surface area (Å²) in [6.45, 7) is 0.600. The Labute approximate surface area is 109 Å². The Kier molecular flexibility index (Phi) is 3.49. The van der Waals surface area contributed by atoms with Gasteiger partial charge in [0.25, 0.3) is 0 Å². The van der Waals surface area contributed by atoms with E-state index in [1.54, 1.807) is 6.07 Å². The molecular weight excluding hydrogens is 272 g/mol. The molecule has 104 valence electrons. The van der Waals surface area contributed by atoms with E-state index in [2.05, 4.69) is 15.0 Å². The summed E-state index contributed by atoms with van der Waals surface area (Å²) in [5.41, 5.74) is 7.70. The van der Waals surface area contributed by atoms with Crippen molar-refractivity contribution in [3.63, 3.8) is 0 Å². The molecule has 19 heavy (non-hydrogen) atoms. The fourth-order valence-corrected chi connectivity index (χ4v) is 2.07. The Morgan fingerprint density at radius 1 is 1.37 bits per heavy atom. The van der Waals surface area contributed by atoms with Gasteiger partial charge in [-0.25, -0.2) is 17.9 Å². The van der Waals surface area contributed by atoms with Crippen LogP contribution in [0.4, 0.5) is 11.4 Å². The van der Waals surface area contributed by atoms with Gasteiger partial charge in [0.1, 0.15) is 0 Å². The average molecular weight is 286 g/mol. The molecule has 2 rings (SSSR count). The first-order chi connectivity index (χ1) is 8.85. The van der Waals surface area contributed by atoms with Crippen LogP contribution < -0.4 is 21.5 Å². The Hall–Kier alpha value is -2.00. The van der Waals surface area contributed by atoms with Crippen LogP contribution in [0, 0.1) is 0 Å². The van der Waals surface area contributed by atoms with Gasteiger partial charge in [-0.1, -0.05) is 0 Å². The van der Waals surface area contributed by atoms with E-state index in [0.717, 1.165) is 6.26 Å². The number of fused-ring (bicyclic) bond motifs is 1. The standard InChI is InChI=1S/C10H14N4O4S/c1-19(16,17)13-3-2-12-7-5-8-9(4-6(7)11)18-10(15)14-8/h4-5,12-13H,2-3,11H2,1H3,(H,14,15). The van der Waals surface area contributed by atoms with Crippen molar-refractivity contribution in [2.45, 2.75) is 0 Å². The summed E-state index contributed by atoms with van der Waals surface area (Å²) in [4.78, 5) is 13.5. The molecule has 1 heterocycles. The highest BCUT2D eigenvalue weighted by Gasteiger charge is 2.06. The van der Waals surface area contributed by atoms with E-state index in [1.165, 1.54) is 6.07 Å². The maximum Gasteiger partial charge on any atom is 0.417 e. The largest absolute Gasteiger partial charge is 0.417 e. The van der Waals surface area contributed by atoms with Crippen molar-refractivity contribution < 1.29 is 12.8 Å². The molecule has 8 nitrogen and oxygen atoms in total. The number of aromatic amines is 1. The maximum absolute atomic E-state index is 11.0. The number of aromatic nitrogens is 1. The Balaban J connectivity index is 2.08. The molecule has 0 aliphatic rings. The monoisotopic (exact) mass is 286 g/mol. The number of anilines is 2. The van der Waals surface area contributed by atoms with Gasteiger partial charge < -0.3 is 15.5 Å². The molecule has 0 spiro atoms. The molecule has 0 amide bonds. The van der Waals surface area contributed by atoms with E-state index in [0.29, 0.717) is 29.0 Å². The maximum atomic E-state index is 11.0. The third-order valence-corrected chi connectivity index (χ3v) is 3.12. The minimum absolute atomic E-state index is 0.234. The van der Waals surface area contributed by atoms with Crippen LogP contribution in [-0.4, -0.2) is 32.7 Å². The summed E-state index contributed by atoms with van der Waals surface area (Å²) in [5, 5.41) is 2.97. The van der Waals surface area contributed by atoms with Crippen molar-refractivity contribution in [1.29, 1.82) is 0 Å². The predicted octanol–water partition coefficient (Wildman–Crippen LogP) is -0.336. The van der Waals surface area contributed by atoms with Gasteiger partial charge in [-0.3, -0.25) is 4.98 Å². The van der Waals surface area contributed by atoms with Crippen LogP contribution in [0.5, 0.6) is 0 Å². The molecule has 0 atom stereocenters. The van der Waals surface area contributed by atoms with E-state index in [9.17, 15) is 13.2 Å². The summed E-state index contributed by atoms with van der Waals surface area (Å²) >= 11 is 0. The Morgan fingerprint density at radius 3 is 2.79 bits per heavy atom. The molecule has 5 N–H and O–H groups in total. The third kappa shape index (κ3) is 3.48. The lowest BCUT2D eigenvalue weighted by Gasteiger charge is -2.09. The van der Waals surface area contributed by atoms with E-state index in [4.69, 9.17) is 10.2 Å². The van der Waals surface area contributed by atoms with Crippen molar-refractivity contribution >= 4 is 32.5 Å². The van der Waals surface area contributed by atoms with Crippen LogP contribution in [0.3, 0.4) is 0 Å². The van der Waals surface area contributed by atoms with Crippen molar-refractivity contribution in [3.8, 4) is 0 Å². The van der Waals surface area contributed by atoms with Crippen molar-refractivity contribution in [3.05, 3.63) is 22.7 Å². The van der Waals surface area contributed by atoms with Gasteiger partial charge in [-0.2, -0.15) is 0 Å². The SMILES string of the molecule is CS(=O)(=O)NCCNc1cc2[nH]c(=O)oc2cc1N. The molecule has 1 aromatic carbocycles. The summed E-state index contributed by atoms with van der Waals surface area (Å²) in [6, 6.07) is 3.16. The molecule has 0 aliphatic carbocycles. The lowest BCUT2D eigenvalue weighted by atomic mass is 10.2. The van der Waals surface area contributed by atoms with E-state index in [-0.39, 0.29) is 6.54 Å². The second-order valence-corrected chi connectivity index (χ2v) is 5.88. The van der Waals surface area contributed by atoms with Gasteiger partial charge in [-0.15, -0.1) is 0 Å². The first kappa shape index (κ1) is 13.4. The number of sulfonamides is 1. The lowest BCUT2D eigenvalue weighted by molar-refractivity contribution is 0.555. The van der Waals surface area contributed by atoms with Gasteiger partial charge in [-0.05, 0) is 6.07 Å². The molecule has 0 bridgehead atoms. The number of oxazole rings is 1. The summed E-state index contributed by atoms with van der Waals surface area (Å²) in [6.07, 6.45) is 1.09. The fourth-order valence-electron chi connectivity index (χ4n) is 1.60. The molecular formula is C10H14N4O4S. The third-order valence-electron chi connectivity index (χ3n) is 2.40. The van der Waals surface area contributed by atoms with Gasteiger partial charge in [0, 0.05) is 19.2 Å². The highest BCUT2D eigenvalue weighted by Crippen LogP contribution is 2.23. The second kappa shape index (κ2) is 4.94. The molecule has 9 heteroatoms. The molecule has 0 aliphatic heterocycles. The summed E-state index contributed by atoms with van der Waals surface area (Å²) in [7, 11) is -3.20. The number of nitrogens with two attached hydrogens (primary N) is 1. The van der Waals surface area contributed by atoms with Crippen LogP contribution in [-0.2, 0) is 10.0 Å². The smallest absolute Gasteiger partial charge is 0.408 e. The minimum Gasteiger partial charge on any atom is -0.408 e. The number of nitrogen functional groups attached to an aromatic ring is 1. The number of hydrogen-bond donors (Lipinski definition) is 4. The number of H-pyrrole nitrogens is 1. The Morgan fingerprint density at radius 2 is 2.11 bits per heavy atom. The van der Waals surface area contributed by atoms with Crippen LogP contribution in [0.15, 0.2) is 21.3 Å². The molecule has 0 unspecified atom stereocenters. The van der Waals surface area contributed by atoms with E-state index in [1.807, 2.05) is 0 Å². The van der Waals surface area contributed by atoms with Crippen molar-refractivity contribution in [2.24, 2.45) is 0 Å². The highest BCUT2D eigenvalue weighted by atomic mass is 32.2. The summed E-state index contributed by atoms with van der Waals surface area (Å²) < 4.78 is 29.0. The van der Waals surface area contributed by atoms with E-state index >= 15 is 0 Å². The molecule has 0 radical (unpaired) electrons. The zero-order valence-electron chi connectivity index (χ0n) is 10.2. The van der Waals surface area contributed by atoms with Gasteiger partial charge in [0.2, 0.25) is 10.0 Å². The zero-order valence-corrected chi connectivity index (χ0v) is 11.0.